The Bertz CT molecular complexity index is 515. The molecule has 21 heavy (non-hydrogen) atoms. The first kappa shape index (κ1) is 15.5. The Morgan fingerprint density at radius 1 is 1.33 bits per heavy atom. The van der Waals surface area contributed by atoms with Crippen molar-refractivity contribution in [3.05, 3.63) is 35.4 Å². The van der Waals surface area contributed by atoms with Crippen molar-refractivity contribution in [1.29, 1.82) is 5.26 Å². The number of carbonyl (C=O) groups excluding carboxylic acids is 1. The number of nitrogens with one attached hydrogen (secondary N) is 1. The predicted octanol–water partition coefficient (Wildman–Crippen LogP) is 1.37. The van der Waals surface area contributed by atoms with Crippen molar-refractivity contribution in [3.63, 3.8) is 0 Å². The molecule has 1 aromatic carbocycles. The molecule has 1 saturated carbocycles. The van der Waals surface area contributed by atoms with Gasteiger partial charge in [0.15, 0.2) is 0 Å². The molecule has 0 radical (unpaired) electrons. The molecule has 0 spiro atoms. The molecule has 5 nitrogen and oxygen atoms in total. The smallest absolute Gasteiger partial charge is 0.251 e. The molecule has 2 N–H and O–H groups in total. The van der Waals surface area contributed by atoms with Gasteiger partial charge in [-0.3, -0.25) is 4.79 Å². The number of ether oxygens (including phenoxy) is 1. The van der Waals surface area contributed by atoms with E-state index in [0.717, 1.165) is 18.4 Å². The van der Waals surface area contributed by atoms with Crippen LogP contribution in [0.5, 0.6) is 0 Å². The fourth-order valence-corrected chi connectivity index (χ4v) is 2.18. The van der Waals surface area contributed by atoms with Gasteiger partial charge in [-0.1, -0.05) is 12.1 Å². The summed E-state index contributed by atoms with van der Waals surface area (Å²) in [4.78, 5) is 11.9. The van der Waals surface area contributed by atoms with Crippen molar-refractivity contribution < 1.29 is 14.6 Å². The van der Waals surface area contributed by atoms with E-state index < -0.39 is 0 Å². The van der Waals surface area contributed by atoms with Crippen LogP contribution in [0.2, 0.25) is 0 Å². The van der Waals surface area contributed by atoms with Gasteiger partial charge < -0.3 is 15.2 Å². The number of hydrogen-bond donors (Lipinski definition) is 2. The fraction of sp³-hybridized carbons (Fsp3) is 0.500. The lowest BCUT2D eigenvalue weighted by molar-refractivity contribution is 0.0867. The number of aliphatic hydroxyl groups is 1. The van der Waals surface area contributed by atoms with E-state index in [1.807, 2.05) is 12.1 Å². The predicted molar refractivity (Wildman–Crippen MR) is 77.8 cm³/mol. The minimum atomic E-state index is -0.306. The summed E-state index contributed by atoms with van der Waals surface area (Å²) in [6.45, 7) is 1.40. The summed E-state index contributed by atoms with van der Waals surface area (Å²) in [5, 5.41) is 20.5. The second kappa shape index (κ2) is 7.21. The highest BCUT2D eigenvalue weighted by Crippen LogP contribution is 2.47. The first-order chi connectivity index (χ1) is 10.2. The maximum atomic E-state index is 11.9. The molecular formula is C16H20N2O3. The summed E-state index contributed by atoms with van der Waals surface area (Å²) < 4.78 is 5.11. The average Bonchev–Trinajstić information content (AvgIpc) is 3.32. The summed E-state index contributed by atoms with van der Waals surface area (Å²) in [6, 6.07) is 9.62. The van der Waals surface area contributed by atoms with Crippen LogP contribution in [-0.2, 0) is 10.2 Å². The molecule has 0 aromatic heterocycles. The Balaban J connectivity index is 1.77. The van der Waals surface area contributed by atoms with Gasteiger partial charge in [0.2, 0.25) is 0 Å². The first-order valence-electron chi connectivity index (χ1n) is 7.20. The second-order valence-corrected chi connectivity index (χ2v) is 5.22. The van der Waals surface area contributed by atoms with Crippen LogP contribution < -0.4 is 5.32 Å². The Morgan fingerprint density at radius 2 is 2.05 bits per heavy atom. The quantitative estimate of drug-likeness (QED) is 0.708. The molecule has 112 valence electrons. The minimum Gasteiger partial charge on any atom is -0.394 e. The van der Waals surface area contributed by atoms with Gasteiger partial charge in [-0.2, -0.15) is 5.26 Å². The number of rotatable bonds is 8. The van der Waals surface area contributed by atoms with Gasteiger partial charge in [0, 0.05) is 18.7 Å². The lowest BCUT2D eigenvalue weighted by Gasteiger charge is -2.08. The third-order valence-electron chi connectivity index (χ3n) is 3.65. The summed E-state index contributed by atoms with van der Waals surface area (Å²) >= 11 is 0. The molecule has 0 atom stereocenters. The fourth-order valence-electron chi connectivity index (χ4n) is 2.18. The Hall–Kier alpha value is -1.90. The standard InChI is InChI=1S/C16H20N2O3/c17-12-16(6-7-16)14-4-2-13(3-5-14)15(20)18-8-1-10-21-11-9-19/h2-5,19H,1,6-11H2,(H,18,20). The number of nitrogens with zero attached hydrogens (tertiary/aromatic N) is 1. The molecule has 0 bridgehead atoms. The molecule has 1 aromatic rings. The Kier molecular flexibility index (Phi) is 5.32. The maximum absolute atomic E-state index is 11.9. The highest BCUT2D eigenvalue weighted by Gasteiger charge is 2.44. The molecule has 1 fully saturated rings. The van der Waals surface area contributed by atoms with Crippen LogP contribution in [-0.4, -0.2) is 37.4 Å². The van der Waals surface area contributed by atoms with Crippen molar-refractivity contribution in [2.45, 2.75) is 24.7 Å². The van der Waals surface area contributed by atoms with Crippen molar-refractivity contribution in [1.82, 2.24) is 5.32 Å². The number of aliphatic hydroxyl groups excluding tert-OH is 1. The van der Waals surface area contributed by atoms with E-state index in [2.05, 4.69) is 11.4 Å². The molecule has 0 unspecified atom stereocenters. The van der Waals surface area contributed by atoms with E-state index in [-0.39, 0.29) is 17.9 Å². The summed E-state index contributed by atoms with van der Waals surface area (Å²) in [5.74, 6) is -0.120. The average molecular weight is 288 g/mol. The SMILES string of the molecule is N#CC1(c2ccc(C(=O)NCCCOCCO)cc2)CC1. The molecule has 0 heterocycles. The van der Waals surface area contributed by atoms with Gasteiger partial charge in [-0.25, -0.2) is 0 Å². The molecular weight excluding hydrogens is 268 g/mol. The topological polar surface area (TPSA) is 82.4 Å². The van der Waals surface area contributed by atoms with E-state index in [4.69, 9.17) is 15.1 Å². The van der Waals surface area contributed by atoms with Crippen molar-refractivity contribution in [2.24, 2.45) is 0 Å². The van der Waals surface area contributed by atoms with Gasteiger partial charge >= 0.3 is 0 Å². The molecule has 2 rings (SSSR count). The zero-order valence-electron chi connectivity index (χ0n) is 12.0. The van der Waals surface area contributed by atoms with Gasteiger partial charge in [0.1, 0.15) is 0 Å². The van der Waals surface area contributed by atoms with E-state index in [9.17, 15) is 4.79 Å². The van der Waals surface area contributed by atoms with Gasteiger partial charge in [0.25, 0.3) is 5.91 Å². The minimum absolute atomic E-state index is 0.0168. The molecule has 0 saturated heterocycles. The van der Waals surface area contributed by atoms with Crippen LogP contribution in [0.3, 0.4) is 0 Å². The third kappa shape index (κ3) is 4.03. The van der Waals surface area contributed by atoms with E-state index in [1.54, 1.807) is 12.1 Å². The largest absolute Gasteiger partial charge is 0.394 e. The molecule has 1 aliphatic carbocycles. The zero-order chi connectivity index (χ0) is 15.1. The van der Waals surface area contributed by atoms with Gasteiger partial charge in [-0.15, -0.1) is 0 Å². The number of carbonyl (C=O) groups is 1. The molecule has 5 heteroatoms. The second-order valence-electron chi connectivity index (χ2n) is 5.22. The van der Waals surface area contributed by atoms with Gasteiger partial charge in [-0.05, 0) is 37.0 Å². The lowest BCUT2D eigenvalue weighted by atomic mass is 9.96. The van der Waals surface area contributed by atoms with Crippen LogP contribution in [0.1, 0.15) is 35.2 Å². The van der Waals surface area contributed by atoms with Crippen LogP contribution >= 0.6 is 0 Å². The number of nitriles is 1. The maximum Gasteiger partial charge on any atom is 0.251 e. The van der Waals surface area contributed by atoms with Crippen LogP contribution in [0.15, 0.2) is 24.3 Å². The van der Waals surface area contributed by atoms with Crippen LogP contribution in [0.25, 0.3) is 0 Å². The number of hydrogen-bond acceptors (Lipinski definition) is 4. The van der Waals surface area contributed by atoms with Crippen molar-refractivity contribution >= 4 is 5.91 Å². The van der Waals surface area contributed by atoms with Crippen molar-refractivity contribution in [2.75, 3.05) is 26.4 Å². The summed E-state index contributed by atoms with van der Waals surface area (Å²) in [5.41, 5.74) is 1.29. The number of amides is 1. The van der Waals surface area contributed by atoms with Crippen LogP contribution in [0, 0.1) is 11.3 Å². The van der Waals surface area contributed by atoms with E-state index >= 15 is 0 Å². The zero-order valence-corrected chi connectivity index (χ0v) is 12.0. The summed E-state index contributed by atoms with van der Waals surface area (Å²) in [6.07, 6.45) is 2.52. The van der Waals surface area contributed by atoms with Crippen molar-refractivity contribution in [3.8, 4) is 6.07 Å². The molecule has 0 aliphatic heterocycles. The monoisotopic (exact) mass is 288 g/mol. The van der Waals surface area contributed by atoms with Gasteiger partial charge in [0.05, 0.1) is 24.7 Å². The summed E-state index contributed by atoms with van der Waals surface area (Å²) in [7, 11) is 0. The highest BCUT2D eigenvalue weighted by molar-refractivity contribution is 5.94. The highest BCUT2D eigenvalue weighted by atomic mass is 16.5. The van der Waals surface area contributed by atoms with E-state index in [0.29, 0.717) is 31.7 Å². The number of benzene rings is 1. The lowest BCUT2D eigenvalue weighted by Crippen LogP contribution is -2.25. The van der Waals surface area contributed by atoms with Crippen LogP contribution in [0.4, 0.5) is 0 Å². The first-order valence-corrected chi connectivity index (χ1v) is 7.20. The Labute approximate surface area is 124 Å². The normalized spacial score (nSPS) is 15.2. The molecule has 1 amide bonds. The van der Waals surface area contributed by atoms with E-state index in [1.165, 1.54) is 0 Å². The Morgan fingerprint density at radius 3 is 2.62 bits per heavy atom. The molecule has 1 aliphatic rings. The third-order valence-corrected chi connectivity index (χ3v) is 3.65.